The van der Waals surface area contributed by atoms with E-state index in [2.05, 4.69) is 54.0 Å². The van der Waals surface area contributed by atoms with Crippen molar-refractivity contribution in [2.45, 2.75) is 38.5 Å². The van der Waals surface area contributed by atoms with Crippen LogP contribution in [0.25, 0.3) is 5.78 Å². The Morgan fingerprint density at radius 1 is 1.14 bits per heavy atom. The van der Waals surface area contributed by atoms with Gasteiger partial charge >= 0.3 is 0 Å². The molecule has 0 fully saturated rings. The van der Waals surface area contributed by atoms with Crippen LogP contribution in [0.4, 0.5) is 0 Å². The molecular formula is C16H18N4S. The van der Waals surface area contributed by atoms with E-state index in [-0.39, 0.29) is 0 Å². The van der Waals surface area contributed by atoms with Crippen molar-refractivity contribution in [3.63, 3.8) is 0 Å². The predicted octanol–water partition coefficient (Wildman–Crippen LogP) is 3.65. The normalized spacial score (nSPS) is 11.2. The highest BCUT2D eigenvalue weighted by Crippen LogP contribution is 2.28. The molecule has 3 rings (SSSR count). The molecule has 3 aromatic rings. The fourth-order valence-electron chi connectivity index (χ4n) is 2.27. The lowest BCUT2D eigenvalue weighted by atomic mass is 10.1. The fourth-order valence-corrected chi connectivity index (χ4v) is 3.49. The zero-order valence-electron chi connectivity index (χ0n) is 12.7. The molecule has 0 radical (unpaired) electrons. The second kappa shape index (κ2) is 5.48. The van der Waals surface area contributed by atoms with Crippen molar-refractivity contribution < 1.29 is 0 Å². The van der Waals surface area contributed by atoms with E-state index in [1.54, 1.807) is 18.1 Å². The summed E-state index contributed by atoms with van der Waals surface area (Å²) in [6, 6.07) is 6.59. The van der Waals surface area contributed by atoms with E-state index in [4.69, 9.17) is 0 Å². The molecule has 1 aromatic carbocycles. The Morgan fingerprint density at radius 3 is 2.76 bits per heavy atom. The molecule has 2 aromatic heterocycles. The first-order valence-electron chi connectivity index (χ1n) is 6.92. The molecule has 0 amide bonds. The van der Waals surface area contributed by atoms with E-state index < -0.39 is 0 Å². The van der Waals surface area contributed by atoms with Crippen molar-refractivity contribution in [2.75, 3.05) is 0 Å². The van der Waals surface area contributed by atoms with E-state index in [1.807, 2.05) is 11.4 Å². The predicted molar refractivity (Wildman–Crippen MR) is 85.7 cm³/mol. The second-order valence-corrected chi connectivity index (χ2v) is 6.28. The fraction of sp³-hybridized carbons (Fsp3) is 0.312. The topological polar surface area (TPSA) is 43.1 Å². The molecule has 4 nitrogen and oxygen atoms in total. The van der Waals surface area contributed by atoms with Crippen molar-refractivity contribution in [3.05, 3.63) is 52.5 Å². The number of hydrogen-bond acceptors (Lipinski definition) is 4. The van der Waals surface area contributed by atoms with Crippen molar-refractivity contribution in [2.24, 2.45) is 0 Å². The Kier molecular flexibility index (Phi) is 3.68. The maximum absolute atomic E-state index is 4.46. The van der Waals surface area contributed by atoms with Gasteiger partial charge in [0.1, 0.15) is 11.4 Å². The first kappa shape index (κ1) is 14.1. The van der Waals surface area contributed by atoms with Crippen LogP contribution in [-0.4, -0.2) is 19.6 Å². The number of aryl methyl sites for hydroxylation is 3. The van der Waals surface area contributed by atoms with Crippen molar-refractivity contribution in [1.29, 1.82) is 0 Å². The minimum absolute atomic E-state index is 0.668. The third kappa shape index (κ3) is 2.65. The third-order valence-corrected chi connectivity index (χ3v) is 4.93. The summed E-state index contributed by atoms with van der Waals surface area (Å²) in [5, 5.41) is 5.42. The Bertz CT molecular complexity index is 807. The number of nitrogens with zero attached hydrogens (tertiary/aromatic N) is 4. The molecule has 0 atom stereocenters. The summed E-state index contributed by atoms with van der Waals surface area (Å²) >= 11 is 1.79. The van der Waals surface area contributed by atoms with Crippen LogP contribution in [0, 0.1) is 27.7 Å². The van der Waals surface area contributed by atoms with Gasteiger partial charge in [-0.25, -0.2) is 4.98 Å². The molecule has 21 heavy (non-hydrogen) atoms. The summed E-state index contributed by atoms with van der Waals surface area (Å²) in [6.45, 7) is 8.40. The molecule has 0 unspecified atom stereocenters. The zero-order valence-corrected chi connectivity index (χ0v) is 13.5. The molecule has 0 bridgehead atoms. The first-order chi connectivity index (χ1) is 10.1. The number of benzene rings is 1. The van der Waals surface area contributed by atoms with Crippen molar-refractivity contribution in [1.82, 2.24) is 19.6 Å². The summed E-state index contributed by atoms with van der Waals surface area (Å²) in [5.74, 6) is 1.59. The van der Waals surface area contributed by atoms with Gasteiger partial charge < -0.3 is 0 Å². The minimum atomic E-state index is 0.668. The molecule has 0 aliphatic heterocycles. The van der Waals surface area contributed by atoms with Gasteiger partial charge in [-0.05, 0) is 38.8 Å². The largest absolute Gasteiger partial charge is 0.253 e. The van der Waals surface area contributed by atoms with Gasteiger partial charge in [0.05, 0.1) is 0 Å². The van der Waals surface area contributed by atoms with E-state index in [0.29, 0.717) is 5.78 Å². The Hall–Kier alpha value is -1.88. The van der Waals surface area contributed by atoms with Gasteiger partial charge in [0.15, 0.2) is 0 Å². The van der Waals surface area contributed by atoms with Gasteiger partial charge in [0.2, 0.25) is 0 Å². The summed E-state index contributed by atoms with van der Waals surface area (Å²) in [4.78, 5) is 8.65. The van der Waals surface area contributed by atoms with Crippen LogP contribution in [0.15, 0.2) is 29.6 Å². The molecule has 0 aliphatic rings. The smallest absolute Gasteiger partial charge is 0.216 e. The molecule has 0 saturated heterocycles. The molecule has 2 heterocycles. The number of fused-ring (bicyclic) bond motifs is 1. The van der Waals surface area contributed by atoms with Gasteiger partial charge in [-0.3, -0.25) is 0 Å². The monoisotopic (exact) mass is 298 g/mol. The quantitative estimate of drug-likeness (QED) is 0.547. The van der Waals surface area contributed by atoms with Crippen LogP contribution in [0.5, 0.6) is 0 Å². The highest BCUT2D eigenvalue weighted by Gasteiger charge is 2.12. The summed E-state index contributed by atoms with van der Waals surface area (Å²) < 4.78 is 1.83. The molecular weight excluding hydrogens is 280 g/mol. The lowest BCUT2D eigenvalue weighted by Crippen LogP contribution is -2.02. The molecule has 108 valence electrons. The minimum Gasteiger partial charge on any atom is -0.216 e. The molecule has 0 N–H and O–H groups in total. The SMILES string of the molecule is Cc1ccc(C)c(CSc2c(C)c(C)nc3ncnn23)c1. The van der Waals surface area contributed by atoms with Crippen LogP contribution in [0.3, 0.4) is 0 Å². The Balaban J connectivity index is 1.96. The summed E-state index contributed by atoms with van der Waals surface area (Å²) in [7, 11) is 0. The van der Waals surface area contributed by atoms with Crippen molar-refractivity contribution >= 4 is 17.5 Å². The summed E-state index contributed by atoms with van der Waals surface area (Å²) in [6.07, 6.45) is 1.56. The lowest BCUT2D eigenvalue weighted by molar-refractivity contribution is 0.814. The van der Waals surface area contributed by atoms with E-state index in [9.17, 15) is 0 Å². The van der Waals surface area contributed by atoms with Crippen LogP contribution >= 0.6 is 11.8 Å². The maximum Gasteiger partial charge on any atom is 0.253 e. The van der Waals surface area contributed by atoms with Crippen LogP contribution in [-0.2, 0) is 5.75 Å². The average molecular weight is 298 g/mol. The number of thioether (sulfide) groups is 1. The second-order valence-electron chi connectivity index (χ2n) is 5.32. The maximum atomic E-state index is 4.46. The van der Waals surface area contributed by atoms with E-state index in [1.165, 1.54) is 22.3 Å². The van der Waals surface area contributed by atoms with Gasteiger partial charge in [-0.2, -0.15) is 14.6 Å². The van der Waals surface area contributed by atoms with E-state index >= 15 is 0 Å². The lowest BCUT2D eigenvalue weighted by Gasteiger charge is -2.11. The number of rotatable bonds is 3. The highest BCUT2D eigenvalue weighted by molar-refractivity contribution is 7.98. The Morgan fingerprint density at radius 2 is 1.95 bits per heavy atom. The highest BCUT2D eigenvalue weighted by atomic mass is 32.2. The van der Waals surface area contributed by atoms with Crippen LogP contribution < -0.4 is 0 Å². The molecule has 0 aliphatic carbocycles. The molecule has 5 heteroatoms. The Labute approximate surface area is 128 Å². The average Bonchev–Trinajstić information content (AvgIpc) is 2.90. The zero-order chi connectivity index (χ0) is 15.0. The van der Waals surface area contributed by atoms with Gasteiger partial charge in [0.25, 0.3) is 5.78 Å². The van der Waals surface area contributed by atoms with Gasteiger partial charge in [0, 0.05) is 17.0 Å². The number of hydrogen-bond donors (Lipinski definition) is 0. The van der Waals surface area contributed by atoms with Gasteiger partial charge in [-0.1, -0.05) is 23.8 Å². The van der Waals surface area contributed by atoms with Crippen LogP contribution in [0.2, 0.25) is 0 Å². The third-order valence-electron chi connectivity index (χ3n) is 3.72. The molecule has 0 saturated carbocycles. The van der Waals surface area contributed by atoms with Crippen molar-refractivity contribution in [3.8, 4) is 0 Å². The molecule has 0 spiro atoms. The van der Waals surface area contributed by atoms with Gasteiger partial charge in [-0.15, -0.1) is 11.8 Å². The number of aromatic nitrogens is 4. The van der Waals surface area contributed by atoms with E-state index in [0.717, 1.165) is 16.5 Å². The summed E-state index contributed by atoms with van der Waals surface area (Å²) in [5.41, 5.74) is 6.17. The standard InChI is InChI=1S/C16H18N4S/c1-10-5-6-11(2)14(7-10)8-21-15-12(3)13(4)19-16-17-9-18-20(15)16/h5-7,9H,8H2,1-4H3. The first-order valence-corrected chi connectivity index (χ1v) is 7.90. The van der Waals surface area contributed by atoms with Crippen LogP contribution in [0.1, 0.15) is 27.9 Å².